The molecule has 0 unspecified atom stereocenters. The average Bonchev–Trinajstić information content (AvgIpc) is 2.70. The van der Waals surface area contributed by atoms with Crippen molar-refractivity contribution in [3.63, 3.8) is 0 Å². The number of phenols is 1. The van der Waals surface area contributed by atoms with Crippen molar-refractivity contribution in [1.82, 2.24) is 0 Å². The van der Waals surface area contributed by atoms with Gasteiger partial charge in [-0.15, -0.1) is 0 Å². The fraction of sp³-hybridized carbons (Fsp3) is 0. The van der Waals surface area contributed by atoms with Gasteiger partial charge in [0.25, 0.3) is 11.8 Å². The van der Waals surface area contributed by atoms with E-state index < -0.39 is 11.8 Å². The van der Waals surface area contributed by atoms with Gasteiger partial charge >= 0.3 is 0 Å². The number of carbonyl (C=O) groups excluding carboxylic acids is 2. The molecule has 0 radical (unpaired) electrons. The zero-order valence-corrected chi connectivity index (χ0v) is 10.2. The molecule has 0 bridgehead atoms. The highest BCUT2D eigenvalue weighted by Gasteiger charge is 2.37. The number of nitrogens with zero attached hydrogens (tertiary/aromatic N) is 2. The second-order valence-electron chi connectivity index (χ2n) is 4.30. The zero-order valence-electron chi connectivity index (χ0n) is 10.2. The third-order valence-electron chi connectivity index (χ3n) is 3.14. The van der Waals surface area contributed by atoms with Crippen molar-refractivity contribution in [1.29, 1.82) is 5.26 Å². The van der Waals surface area contributed by atoms with Gasteiger partial charge in [0, 0.05) is 0 Å². The van der Waals surface area contributed by atoms with E-state index in [0.717, 1.165) is 4.90 Å². The summed E-state index contributed by atoms with van der Waals surface area (Å²) < 4.78 is 0. The smallest absolute Gasteiger partial charge is 0.266 e. The number of aromatic hydroxyl groups is 1. The van der Waals surface area contributed by atoms with Gasteiger partial charge in [0.2, 0.25) is 0 Å². The molecule has 5 heteroatoms. The van der Waals surface area contributed by atoms with E-state index in [0.29, 0.717) is 0 Å². The van der Waals surface area contributed by atoms with E-state index in [9.17, 15) is 14.7 Å². The highest BCUT2D eigenvalue weighted by atomic mass is 16.3. The summed E-state index contributed by atoms with van der Waals surface area (Å²) in [5.74, 6) is -1.11. The van der Waals surface area contributed by atoms with Crippen LogP contribution < -0.4 is 4.90 Å². The minimum Gasteiger partial charge on any atom is -0.508 e. The Balaban J connectivity index is 2.17. The number of nitriles is 1. The number of hydrogen-bond donors (Lipinski definition) is 1. The molecule has 5 nitrogen and oxygen atoms in total. The highest BCUT2D eigenvalue weighted by molar-refractivity contribution is 6.34. The molecular formula is C15H8N2O3. The summed E-state index contributed by atoms with van der Waals surface area (Å²) in [4.78, 5) is 25.6. The molecule has 1 aliphatic rings. The molecule has 0 saturated carbocycles. The second kappa shape index (κ2) is 4.21. The lowest BCUT2D eigenvalue weighted by Gasteiger charge is -2.14. The number of amides is 2. The lowest BCUT2D eigenvalue weighted by Crippen LogP contribution is -2.30. The maximum atomic E-state index is 12.3. The number of carbonyl (C=O) groups is 2. The van der Waals surface area contributed by atoms with Crippen molar-refractivity contribution in [3.8, 4) is 11.8 Å². The molecule has 0 aliphatic carbocycles. The monoisotopic (exact) mass is 264 g/mol. The largest absolute Gasteiger partial charge is 0.508 e. The third-order valence-corrected chi connectivity index (χ3v) is 3.14. The van der Waals surface area contributed by atoms with Crippen LogP contribution >= 0.6 is 0 Å². The van der Waals surface area contributed by atoms with Crippen LogP contribution in [0.4, 0.5) is 5.69 Å². The van der Waals surface area contributed by atoms with Crippen molar-refractivity contribution >= 4 is 17.5 Å². The van der Waals surface area contributed by atoms with Gasteiger partial charge in [-0.25, -0.2) is 4.90 Å². The minimum atomic E-state index is -0.538. The summed E-state index contributed by atoms with van der Waals surface area (Å²) in [5.41, 5.74) is 0.857. The Labute approximate surface area is 114 Å². The Hall–Kier alpha value is -3.13. The number of phenolic OH excluding ortho intramolecular Hbond substituents is 1. The first-order valence-electron chi connectivity index (χ1n) is 5.84. The van der Waals surface area contributed by atoms with Crippen LogP contribution in [-0.4, -0.2) is 16.9 Å². The average molecular weight is 264 g/mol. The molecule has 2 aromatic carbocycles. The molecule has 2 amide bonds. The van der Waals surface area contributed by atoms with Crippen LogP contribution in [0.5, 0.6) is 5.75 Å². The molecule has 0 spiro atoms. The Morgan fingerprint density at radius 2 is 1.70 bits per heavy atom. The molecule has 20 heavy (non-hydrogen) atoms. The molecule has 1 N–H and O–H groups in total. The van der Waals surface area contributed by atoms with E-state index in [1.54, 1.807) is 18.2 Å². The summed E-state index contributed by atoms with van der Waals surface area (Å²) in [5, 5.41) is 18.5. The molecule has 0 saturated heterocycles. The number of fused-ring (bicyclic) bond motifs is 1. The predicted molar refractivity (Wildman–Crippen MR) is 70.4 cm³/mol. The minimum absolute atomic E-state index is 0.0830. The van der Waals surface area contributed by atoms with E-state index in [-0.39, 0.29) is 28.1 Å². The van der Waals surface area contributed by atoms with Crippen LogP contribution in [0.3, 0.4) is 0 Å². The van der Waals surface area contributed by atoms with Gasteiger partial charge in [0.1, 0.15) is 11.8 Å². The molecular weight excluding hydrogens is 256 g/mol. The lowest BCUT2D eigenvalue weighted by molar-refractivity contribution is 0.0926. The number of imide groups is 1. The highest BCUT2D eigenvalue weighted by Crippen LogP contribution is 2.31. The van der Waals surface area contributed by atoms with Crippen LogP contribution in [-0.2, 0) is 0 Å². The van der Waals surface area contributed by atoms with Gasteiger partial charge in [-0.2, -0.15) is 5.26 Å². The fourth-order valence-corrected chi connectivity index (χ4v) is 2.21. The van der Waals surface area contributed by atoms with Gasteiger partial charge in [-0.3, -0.25) is 9.59 Å². The van der Waals surface area contributed by atoms with Crippen LogP contribution in [0.2, 0.25) is 0 Å². The Kier molecular flexibility index (Phi) is 2.51. The first-order valence-corrected chi connectivity index (χ1v) is 5.84. The van der Waals surface area contributed by atoms with Crippen molar-refractivity contribution in [2.45, 2.75) is 0 Å². The number of anilines is 1. The summed E-state index contributed by atoms with van der Waals surface area (Å²) >= 11 is 0. The molecule has 0 fully saturated rings. The molecule has 1 heterocycles. The Morgan fingerprint density at radius 3 is 2.45 bits per heavy atom. The van der Waals surface area contributed by atoms with Gasteiger partial charge in [-0.05, 0) is 30.3 Å². The fourth-order valence-electron chi connectivity index (χ4n) is 2.21. The van der Waals surface area contributed by atoms with Gasteiger partial charge in [0.05, 0.1) is 22.4 Å². The molecule has 0 aromatic heterocycles. The summed E-state index contributed by atoms with van der Waals surface area (Å²) in [6, 6.07) is 12.4. The Morgan fingerprint density at radius 1 is 1.00 bits per heavy atom. The van der Waals surface area contributed by atoms with Crippen LogP contribution in [0, 0.1) is 11.3 Å². The topological polar surface area (TPSA) is 81.4 Å². The van der Waals surface area contributed by atoms with Gasteiger partial charge in [-0.1, -0.05) is 12.1 Å². The second-order valence-corrected chi connectivity index (χ2v) is 4.30. The third kappa shape index (κ3) is 1.56. The quantitative estimate of drug-likeness (QED) is 0.799. The molecule has 0 atom stereocenters. The maximum absolute atomic E-state index is 12.3. The normalized spacial score (nSPS) is 13.2. The van der Waals surface area contributed by atoms with Crippen molar-refractivity contribution in [3.05, 3.63) is 59.2 Å². The van der Waals surface area contributed by atoms with E-state index in [4.69, 9.17) is 5.26 Å². The van der Waals surface area contributed by atoms with E-state index in [2.05, 4.69) is 0 Å². The number of rotatable bonds is 1. The Bertz CT molecular complexity index is 790. The van der Waals surface area contributed by atoms with Crippen molar-refractivity contribution < 1.29 is 14.7 Å². The molecule has 2 aromatic rings. The molecule has 3 rings (SSSR count). The zero-order chi connectivity index (χ0) is 14.3. The van der Waals surface area contributed by atoms with Gasteiger partial charge < -0.3 is 5.11 Å². The summed E-state index contributed by atoms with van der Waals surface area (Å²) in [7, 11) is 0. The van der Waals surface area contributed by atoms with Gasteiger partial charge in [0.15, 0.2) is 0 Å². The lowest BCUT2D eigenvalue weighted by atomic mass is 10.1. The SMILES string of the molecule is N#Cc1ccccc1N1C(=O)c2ccc(O)cc2C1=O. The van der Waals surface area contributed by atoms with E-state index in [1.807, 2.05) is 6.07 Å². The predicted octanol–water partition coefficient (Wildman–Crippen LogP) is 2.06. The maximum Gasteiger partial charge on any atom is 0.266 e. The number of para-hydroxylation sites is 1. The van der Waals surface area contributed by atoms with Crippen molar-refractivity contribution in [2.75, 3.05) is 4.90 Å². The summed E-state index contributed by atoms with van der Waals surface area (Å²) in [6.07, 6.45) is 0. The van der Waals surface area contributed by atoms with Crippen molar-refractivity contribution in [2.24, 2.45) is 0 Å². The molecule has 1 aliphatic heterocycles. The van der Waals surface area contributed by atoms with Crippen LogP contribution in [0.25, 0.3) is 0 Å². The van der Waals surface area contributed by atoms with E-state index >= 15 is 0 Å². The first-order chi connectivity index (χ1) is 9.63. The molecule has 96 valence electrons. The van der Waals surface area contributed by atoms with E-state index in [1.165, 1.54) is 24.3 Å². The van der Waals surface area contributed by atoms with Crippen LogP contribution in [0.15, 0.2) is 42.5 Å². The number of hydrogen-bond acceptors (Lipinski definition) is 4. The summed E-state index contributed by atoms with van der Waals surface area (Å²) in [6.45, 7) is 0. The standard InChI is InChI=1S/C15H8N2O3/c16-8-9-3-1-2-4-13(9)17-14(19)11-6-5-10(18)7-12(11)15(17)20/h1-7,18H. The first kappa shape index (κ1) is 11.9. The van der Waals surface area contributed by atoms with Crippen LogP contribution in [0.1, 0.15) is 26.3 Å². The number of benzene rings is 2.